The van der Waals surface area contributed by atoms with Crippen molar-refractivity contribution in [3.8, 4) is 5.88 Å². The summed E-state index contributed by atoms with van der Waals surface area (Å²) >= 11 is 0. The Kier molecular flexibility index (Phi) is 6.02. The van der Waals surface area contributed by atoms with Gasteiger partial charge in [0, 0.05) is 0 Å². The van der Waals surface area contributed by atoms with Crippen LogP contribution in [0.5, 0.6) is 5.88 Å². The number of aromatic nitrogens is 2. The standard InChI is InChI=1S/C15H25N5O4/c1-4-22-13-11(16)12(19-15(17)20-13)18-10-6-5-9(24-10)7-23-14(21)8(2)3/h8-10H,4-7,16H2,1-3H3,(H3,17,18,19,20). The lowest BCUT2D eigenvalue weighted by Gasteiger charge is -2.18. The van der Waals surface area contributed by atoms with E-state index in [0.717, 1.165) is 12.8 Å². The fraction of sp³-hybridized carbons (Fsp3) is 0.667. The highest BCUT2D eigenvalue weighted by Gasteiger charge is 2.28. The van der Waals surface area contributed by atoms with E-state index in [9.17, 15) is 4.79 Å². The van der Waals surface area contributed by atoms with Crippen LogP contribution >= 0.6 is 0 Å². The number of carbonyl (C=O) groups excluding carboxylic acids is 1. The quantitative estimate of drug-likeness (QED) is 0.625. The highest BCUT2D eigenvalue weighted by molar-refractivity contribution is 5.71. The van der Waals surface area contributed by atoms with E-state index in [1.165, 1.54) is 0 Å². The molecule has 0 aromatic carbocycles. The first-order valence-corrected chi connectivity index (χ1v) is 8.05. The first-order valence-electron chi connectivity index (χ1n) is 8.05. The summed E-state index contributed by atoms with van der Waals surface area (Å²) in [5, 5.41) is 3.09. The molecule has 0 aliphatic carbocycles. The monoisotopic (exact) mass is 339 g/mol. The molecule has 1 aliphatic heterocycles. The number of nitrogens with two attached hydrogens (primary N) is 2. The zero-order chi connectivity index (χ0) is 17.7. The van der Waals surface area contributed by atoms with E-state index in [2.05, 4.69) is 15.3 Å². The Morgan fingerprint density at radius 3 is 2.79 bits per heavy atom. The molecule has 5 N–H and O–H groups in total. The molecule has 0 bridgehead atoms. The van der Waals surface area contributed by atoms with Gasteiger partial charge in [0.05, 0.1) is 18.6 Å². The molecule has 1 aromatic rings. The van der Waals surface area contributed by atoms with Crippen molar-refractivity contribution < 1.29 is 19.0 Å². The summed E-state index contributed by atoms with van der Waals surface area (Å²) in [5.74, 6) is 0.296. The van der Waals surface area contributed by atoms with Gasteiger partial charge in [0.2, 0.25) is 11.8 Å². The van der Waals surface area contributed by atoms with E-state index >= 15 is 0 Å². The molecule has 0 radical (unpaired) electrons. The second-order valence-electron chi connectivity index (χ2n) is 5.84. The average molecular weight is 339 g/mol. The number of carbonyl (C=O) groups is 1. The van der Waals surface area contributed by atoms with Crippen LogP contribution in [0.3, 0.4) is 0 Å². The Bertz CT molecular complexity index is 581. The van der Waals surface area contributed by atoms with Crippen molar-refractivity contribution in [1.82, 2.24) is 9.97 Å². The van der Waals surface area contributed by atoms with Gasteiger partial charge in [0.1, 0.15) is 18.5 Å². The predicted molar refractivity (Wildman–Crippen MR) is 89.3 cm³/mol. The van der Waals surface area contributed by atoms with E-state index in [-0.39, 0.29) is 48.3 Å². The van der Waals surface area contributed by atoms with Crippen molar-refractivity contribution in [1.29, 1.82) is 0 Å². The first kappa shape index (κ1) is 18.1. The predicted octanol–water partition coefficient (Wildman–Crippen LogP) is 1.16. The second-order valence-corrected chi connectivity index (χ2v) is 5.84. The van der Waals surface area contributed by atoms with Crippen LogP contribution in [-0.2, 0) is 14.3 Å². The Morgan fingerprint density at radius 1 is 1.38 bits per heavy atom. The molecule has 2 atom stereocenters. The molecule has 1 fully saturated rings. The second kappa shape index (κ2) is 8.00. The SMILES string of the molecule is CCOc1nc(N)nc(NC2CCC(COC(=O)C(C)C)O2)c1N. The molecule has 2 heterocycles. The van der Waals surface area contributed by atoms with Crippen LogP contribution in [0.25, 0.3) is 0 Å². The minimum atomic E-state index is -0.293. The fourth-order valence-electron chi connectivity index (χ4n) is 2.25. The molecule has 2 rings (SSSR count). The van der Waals surface area contributed by atoms with Crippen LogP contribution in [0.1, 0.15) is 33.6 Å². The normalized spacial score (nSPS) is 20.2. The number of ether oxygens (including phenoxy) is 3. The molecule has 2 unspecified atom stereocenters. The van der Waals surface area contributed by atoms with Crippen molar-refractivity contribution in [3.63, 3.8) is 0 Å². The minimum absolute atomic E-state index is 0.0653. The third-order valence-corrected chi connectivity index (χ3v) is 3.50. The Hall–Kier alpha value is -2.29. The van der Waals surface area contributed by atoms with Gasteiger partial charge >= 0.3 is 5.97 Å². The molecule has 0 spiro atoms. The van der Waals surface area contributed by atoms with Crippen LogP contribution in [-0.4, -0.2) is 41.5 Å². The summed E-state index contributed by atoms with van der Waals surface area (Å²) in [4.78, 5) is 19.5. The van der Waals surface area contributed by atoms with Crippen molar-refractivity contribution in [2.75, 3.05) is 30.0 Å². The number of rotatable bonds is 7. The average Bonchev–Trinajstić information content (AvgIpc) is 2.97. The topological polar surface area (TPSA) is 135 Å². The molecule has 0 saturated carbocycles. The highest BCUT2D eigenvalue weighted by Crippen LogP contribution is 2.29. The number of nitrogen functional groups attached to an aromatic ring is 2. The van der Waals surface area contributed by atoms with Crippen LogP contribution < -0.4 is 21.5 Å². The number of esters is 1. The maximum atomic E-state index is 11.5. The van der Waals surface area contributed by atoms with E-state index in [1.54, 1.807) is 13.8 Å². The number of anilines is 3. The van der Waals surface area contributed by atoms with Crippen LogP contribution in [0.4, 0.5) is 17.5 Å². The van der Waals surface area contributed by atoms with Gasteiger partial charge in [0.25, 0.3) is 0 Å². The van der Waals surface area contributed by atoms with Gasteiger partial charge < -0.3 is 31.0 Å². The van der Waals surface area contributed by atoms with E-state index in [0.29, 0.717) is 12.4 Å². The van der Waals surface area contributed by atoms with Crippen molar-refractivity contribution >= 4 is 23.4 Å². The molecule has 9 nitrogen and oxygen atoms in total. The summed E-state index contributed by atoms with van der Waals surface area (Å²) in [6.45, 7) is 6.07. The zero-order valence-corrected chi connectivity index (χ0v) is 14.2. The summed E-state index contributed by atoms with van der Waals surface area (Å²) in [6, 6.07) is 0. The Balaban J connectivity index is 1.92. The molecule has 1 aromatic heterocycles. The molecular formula is C15H25N5O4. The lowest BCUT2D eigenvalue weighted by Crippen LogP contribution is -2.25. The van der Waals surface area contributed by atoms with Crippen molar-refractivity contribution in [2.45, 2.75) is 45.9 Å². The number of nitrogens with one attached hydrogen (secondary N) is 1. The van der Waals surface area contributed by atoms with Gasteiger partial charge in [-0.15, -0.1) is 0 Å². The third kappa shape index (κ3) is 4.60. The summed E-state index contributed by atoms with van der Waals surface area (Å²) in [7, 11) is 0. The van der Waals surface area contributed by atoms with E-state index in [1.807, 2.05) is 6.92 Å². The number of nitrogens with zero attached hydrogens (tertiary/aromatic N) is 2. The maximum Gasteiger partial charge on any atom is 0.308 e. The number of hydrogen-bond donors (Lipinski definition) is 3. The molecule has 134 valence electrons. The van der Waals surface area contributed by atoms with Gasteiger partial charge in [-0.1, -0.05) is 13.8 Å². The van der Waals surface area contributed by atoms with Gasteiger partial charge in [-0.3, -0.25) is 4.79 Å². The van der Waals surface area contributed by atoms with Crippen LogP contribution in [0, 0.1) is 5.92 Å². The first-order chi connectivity index (χ1) is 11.4. The molecule has 0 amide bonds. The largest absolute Gasteiger partial charge is 0.476 e. The smallest absolute Gasteiger partial charge is 0.308 e. The fourth-order valence-corrected chi connectivity index (χ4v) is 2.25. The minimum Gasteiger partial charge on any atom is -0.476 e. The Morgan fingerprint density at radius 2 is 2.12 bits per heavy atom. The van der Waals surface area contributed by atoms with Gasteiger partial charge in [-0.25, -0.2) is 0 Å². The highest BCUT2D eigenvalue weighted by atomic mass is 16.6. The lowest BCUT2D eigenvalue weighted by molar-refractivity contribution is -0.151. The molecule has 1 aliphatic rings. The summed E-state index contributed by atoms with van der Waals surface area (Å²) in [6.07, 6.45) is 1.05. The van der Waals surface area contributed by atoms with E-state index in [4.69, 9.17) is 25.7 Å². The zero-order valence-electron chi connectivity index (χ0n) is 14.2. The third-order valence-electron chi connectivity index (χ3n) is 3.50. The van der Waals surface area contributed by atoms with Crippen LogP contribution in [0.2, 0.25) is 0 Å². The van der Waals surface area contributed by atoms with E-state index < -0.39 is 0 Å². The number of hydrogen-bond acceptors (Lipinski definition) is 9. The van der Waals surface area contributed by atoms with Gasteiger partial charge in [0.15, 0.2) is 5.82 Å². The van der Waals surface area contributed by atoms with Gasteiger partial charge in [-0.05, 0) is 19.8 Å². The van der Waals surface area contributed by atoms with Crippen molar-refractivity contribution in [3.05, 3.63) is 0 Å². The molecule has 1 saturated heterocycles. The van der Waals surface area contributed by atoms with Crippen LogP contribution in [0.15, 0.2) is 0 Å². The van der Waals surface area contributed by atoms with Crippen molar-refractivity contribution in [2.24, 2.45) is 5.92 Å². The maximum absolute atomic E-state index is 11.5. The summed E-state index contributed by atoms with van der Waals surface area (Å²) in [5.41, 5.74) is 11.9. The Labute approximate surface area is 141 Å². The molecule has 9 heteroatoms. The molecule has 24 heavy (non-hydrogen) atoms. The summed E-state index contributed by atoms with van der Waals surface area (Å²) < 4.78 is 16.3. The van der Waals surface area contributed by atoms with Gasteiger partial charge in [-0.2, -0.15) is 9.97 Å². The molecular weight excluding hydrogens is 314 g/mol. The lowest BCUT2D eigenvalue weighted by atomic mass is 10.2.